The van der Waals surface area contributed by atoms with E-state index < -0.39 is 0 Å². The number of hydrogen-bond acceptors (Lipinski definition) is 1. The van der Waals surface area contributed by atoms with E-state index in [9.17, 15) is 0 Å². The maximum absolute atomic E-state index is 3.52. The number of halogens is 1. The van der Waals surface area contributed by atoms with Crippen molar-refractivity contribution in [3.63, 3.8) is 0 Å². The van der Waals surface area contributed by atoms with Gasteiger partial charge in [0.25, 0.3) is 0 Å². The van der Waals surface area contributed by atoms with E-state index in [1.807, 2.05) is 7.05 Å². The molecule has 0 radical (unpaired) electrons. The molecule has 1 rings (SSSR count). The second-order valence-corrected chi connectivity index (χ2v) is 3.73. The van der Waals surface area contributed by atoms with Gasteiger partial charge in [-0.05, 0) is 44.1 Å². The molecular weight excluding hydrogens is 214 g/mol. The molecule has 12 heavy (non-hydrogen) atoms. The highest BCUT2D eigenvalue weighted by atomic mass is 79.9. The van der Waals surface area contributed by atoms with E-state index >= 15 is 0 Å². The van der Waals surface area contributed by atoms with Crippen LogP contribution >= 0.6 is 15.9 Å². The van der Waals surface area contributed by atoms with E-state index in [0.29, 0.717) is 0 Å². The lowest BCUT2D eigenvalue weighted by molar-refractivity contribution is 0.788. The Labute approximate surface area is 82.3 Å². The first kappa shape index (κ1) is 9.75. The number of likely N-dealkylation sites (N-methyl/N-ethyl adjacent to an activating group) is 1. The SMILES string of the molecule is CNCCc1cccc(Br)c1C. The summed E-state index contributed by atoms with van der Waals surface area (Å²) in [4.78, 5) is 0. The van der Waals surface area contributed by atoms with Crippen LogP contribution < -0.4 is 5.32 Å². The van der Waals surface area contributed by atoms with Crippen molar-refractivity contribution in [3.05, 3.63) is 33.8 Å². The Morgan fingerprint density at radius 2 is 2.17 bits per heavy atom. The zero-order valence-corrected chi connectivity index (χ0v) is 9.11. The Balaban J connectivity index is 2.78. The van der Waals surface area contributed by atoms with Crippen LogP contribution in [0.25, 0.3) is 0 Å². The van der Waals surface area contributed by atoms with Crippen molar-refractivity contribution in [1.29, 1.82) is 0 Å². The first-order valence-corrected chi connectivity index (χ1v) is 4.93. The third-order valence-electron chi connectivity index (χ3n) is 2.02. The van der Waals surface area contributed by atoms with Crippen LogP contribution in [0.15, 0.2) is 22.7 Å². The maximum atomic E-state index is 3.52. The second kappa shape index (κ2) is 4.63. The molecule has 0 spiro atoms. The van der Waals surface area contributed by atoms with Gasteiger partial charge in [0.1, 0.15) is 0 Å². The molecule has 1 aromatic carbocycles. The lowest BCUT2D eigenvalue weighted by atomic mass is 10.1. The fourth-order valence-corrected chi connectivity index (χ4v) is 1.59. The van der Waals surface area contributed by atoms with Gasteiger partial charge in [-0.25, -0.2) is 0 Å². The zero-order valence-electron chi connectivity index (χ0n) is 7.52. The van der Waals surface area contributed by atoms with Crippen molar-refractivity contribution in [2.45, 2.75) is 13.3 Å². The monoisotopic (exact) mass is 227 g/mol. The van der Waals surface area contributed by atoms with Gasteiger partial charge in [0.05, 0.1) is 0 Å². The summed E-state index contributed by atoms with van der Waals surface area (Å²) >= 11 is 3.52. The van der Waals surface area contributed by atoms with Crippen molar-refractivity contribution in [2.75, 3.05) is 13.6 Å². The Morgan fingerprint density at radius 3 is 2.83 bits per heavy atom. The minimum absolute atomic E-state index is 1.04. The molecule has 66 valence electrons. The molecule has 0 fully saturated rings. The summed E-state index contributed by atoms with van der Waals surface area (Å²) in [5.74, 6) is 0. The quantitative estimate of drug-likeness (QED) is 0.838. The summed E-state index contributed by atoms with van der Waals surface area (Å²) in [6.45, 7) is 3.19. The van der Waals surface area contributed by atoms with Crippen molar-refractivity contribution in [1.82, 2.24) is 5.32 Å². The van der Waals surface area contributed by atoms with Crippen LogP contribution in [-0.2, 0) is 6.42 Å². The first-order chi connectivity index (χ1) is 5.75. The molecule has 0 aliphatic rings. The van der Waals surface area contributed by atoms with Crippen molar-refractivity contribution < 1.29 is 0 Å². The second-order valence-electron chi connectivity index (χ2n) is 2.88. The van der Waals surface area contributed by atoms with Gasteiger partial charge in [-0.15, -0.1) is 0 Å². The number of hydrogen-bond donors (Lipinski definition) is 1. The van der Waals surface area contributed by atoms with Crippen LogP contribution in [0.1, 0.15) is 11.1 Å². The standard InChI is InChI=1S/C10H14BrN/c1-8-9(6-7-12-2)4-3-5-10(8)11/h3-5,12H,6-7H2,1-2H3. The maximum Gasteiger partial charge on any atom is 0.0207 e. The highest BCUT2D eigenvalue weighted by molar-refractivity contribution is 9.10. The fraction of sp³-hybridized carbons (Fsp3) is 0.400. The zero-order chi connectivity index (χ0) is 8.97. The largest absolute Gasteiger partial charge is 0.319 e. The molecule has 0 saturated carbocycles. The topological polar surface area (TPSA) is 12.0 Å². The van der Waals surface area contributed by atoms with Gasteiger partial charge in [-0.3, -0.25) is 0 Å². The minimum atomic E-state index is 1.04. The molecule has 2 heteroatoms. The average molecular weight is 228 g/mol. The van der Waals surface area contributed by atoms with E-state index in [2.05, 4.69) is 46.4 Å². The van der Waals surface area contributed by atoms with E-state index in [1.165, 1.54) is 15.6 Å². The summed E-state index contributed by atoms with van der Waals surface area (Å²) in [6.07, 6.45) is 1.10. The van der Waals surface area contributed by atoms with Gasteiger partial charge in [0.15, 0.2) is 0 Å². The summed E-state index contributed by atoms with van der Waals surface area (Å²) < 4.78 is 1.20. The van der Waals surface area contributed by atoms with Crippen LogP contribution in [-0.4, -0.2) is 13.6 Å². The lowest BCUT2D eigenvalue weighted by Crippen LogP contribution is -2.10. The molecule has 0 aliphatic carbocycles. The van der Waals surface area contributed by atoms with Gasteiger partial charge in [0, 0.05) is 4.47 Å². The molecule has 0 aliphatic heterocycles. The van der Waals surface area contributed by atoms with E-state index in [-0.39, 0.29) is 0 Å². The number of rotatable bonds is 3. The normalized spacial score (nSPS) is 10.2. The summed E-state index contributed by atoms with van der Waals surface area (Å²) in [7, 11) is 1.98. The van der Waals surface area contributed by atoms with Crippen LogP contribution in [0.5, 0.6) is 0 Å². The highest BCUT2D eigenvalue weighted by Crippen LogP contribution is 2.19. The smallest absolute Gasteiger partial charge is 0.0207 e. The van der Waals surface area contributed by atoms with Crippen molar-refractivity contribution in [2.24, 2.45) is 0 Å². The summed E-state index contributed by atoms with van der Waals surface area (Å²) in [5, 5.41) is 3.15. The van der Waals surface area contributed by atoms with Gasteiger partial charge in [0.2, 0.25) is 0 Å². The fourth-order valence-electron chi connectivity index (χ4n) is 1.18. The van der Waals surface area contributed by atoms with Crippen LogP contribution in [0.4, 0.5) is 0 Å². The molecule has 0 unspecified atom stereocenters. The van der Waals surface area contributed by atoms with Gasteiger partial charge >= 0.3 is 0 Å². The van der Waals surface area contributed by atoms with Crippen molar-refractivity contribution >= 4 is 15.9 Å². The molecule has 0 atom stereocenters. The average Bonchev–Trinajstić information content (AvgIpc) is 2.08. The first-order valence-electron chi connectivity index (χ1n) is 4.14. The Bertz CT molecular complexity index is 258. The van der Waals surface area contributed by atoms with Crippen LogP contribution in [0.3, 0.4) is 0 Å². The van der Waals surface area contributed by atoms with Gasteiger partial charge in [-0.2, -0.15) is 0 Å². The third-order valence-corrected chi connectivity index (χ3v) is 2.88. The summed E-state index contributed by atoms with van der Waals surface area (Å²) in [6, 6.07) is 6.34. The van der Waals surface area contributed by atoms with Crippen LogP contribution in [0, 0.1) is 6.92 Å². The third kappa shape index (κ3) is 2.32. The molecule has 1 nitrogen and oxygen atoms in total. The molecule has 0 aromatic heterocycles. The highest BCUT2D eigenvalue weighted by Gasteiger charge is 1.99. The Kier molecular flexibility index (Phi) is 3.76. The van der Waals surface area contributed by atoms with Gasteiger partial charge in [-0.1, -0.05) is 28.1 Å². The molecule has 1 aromatic rings. The van der Waals surface area contributed by atoms with Gasteiger partial charge < -0.3 is 5.32 Å². The predicted molar refractivity (Wildman–Crippen MR) is 56.5 cm³/mol. The predicted octanol–water partition coefficient (Wildman–Crippen LogP) is 2.52. The van der Waals surface area contributed by atoms with Crippen LogP contribution in [0.2, 0.25) is 0 Å². The molecule has 1 N–H and O–H groups in total. The summed E-state index contributed by atoms with van der Waals surface area (Å²) in [5.41, 5.74) is 2.77. The lowest BCUT2D eigenvalue weighted by Gasteiger charge is -2.06. The molecular formula is C10H14BrN. The minimum Gasteiger partial charge on any atom is -0.319 e. The molecule has 0 heterocycles. The Morgan fingerprint density at radius 1 is 1.42 bits per heavy atom. The number of benzene rings is 1. The molecule has 0 amide bonds. The Hall–Kier alpha value is -0.340. The van der Waals surface area contributed by atoms with E-state index in [1.54, 1.807) is 0 Å². The molecule has 0 bridgehead atoms. The van der Waals surface area contributed by atoms with E-state index in [0.717, 1.165) is 13.0 Å². The van der Waals surface area contributed by atoms with E-state index in [4.69, 9.17) is 0 Å². The molecule has 0 saturated heterocycles. The number of nitrogens with one attached hydrogen (secondary N) is 1. The van der Waals surface area contributed by atoms with Crippen molar-refractivity contribution in [3.8, 4) is 0 Å².